The fraction of sp³-hybridized carbons (Fsp3) is 0.471. The zero-order chi connectivity index (χ0) is 17.4. The van der Waals surface area contributed by atoms with E-state index in [1.165, 1.54) is 5.01 Å². The van der Waals surface area contributed by atoms with E-state index >= 15 is 0 Å². The van der Waals surface area contributed by atoms with Crippen molar-refractivity contribution in [3.63, 3.8) is 0 Å². The number of hydrogen-bond donors (Lipinski definition) is 2. The number of rotatable bonds is 7. The molecule has 0 aliphatic heterocycles. The van der Waals surface area contributed by atoms with Crippen LogP contribution in [0.5, 0.6) is 0 Å². The Hall–Kier alpha value is -1.99. The Bertz CT molecular complexity index is 621. The zero-order valence-electron chi connectivity index (χ0n) is 14.3. The van der Waals surface area contributed by atoms with Gasteiger partial charge in [-0.3, -0.25) is 5.32 Å². The number of pyridine rings is 1. The van der Waals surface area contributed by atoms with E-state index in [4.69, 9.17) is 4.74 Å². The highest BCUT2D eigenvalue weighted by atomic mass is 32.1. The SMILES string of the molecule is CC(C)(C)OC(=O)Nc1ccc(CNCCCc2nccs2)cn1. The summed E-state index contributed by atoms with van der Waals surface area (Å²) in [5, 5.41) is 9.18. The van der Waals surface area contributed by atoms with Gasteiger partial charge in [-0.1, -0.05) is 6.07 Å². The zero-order valence-corrected chi connectivity index (χ0v) is 15.2. The van der Waals surface area contributed by atoms with Crippen molar-refractivity contribution in [1.82, 2.24) is 15.3 Å². The normalized spacial score (nSPS) is 11.3. The number of anilines is 1. The van der Waals surface area contributed by atoms with Crippen LogP contribution in [-0.4, -0.2) is 28.2 Å². The lowest BCUT2D eigenvalue weighted by molar-refractivity contribution is 0.0635. The third-order valence-corrected chi connectivity index (χ3v) is 3.85. The highest BCUT2D eigenvalue weighted by molar-refractivity contribution is 7.09. The van der Waals surface area contributed by atoms with Gasteiger partial charge in [0.1, 0.15) is 11.4 Å². The quantitative estimate of drug-likeness (QED) is 0.748. The first-order valence-electron chi connectivity index (χ1n) is 7.96. The number of aryl methyl sites for hydroxylation is 1. The van der Waals surface area contributed by atoms with Crippen LogP contribution in [0.3, 0.4) is 0 Å². The van der Waals surface area contributed by atoms with Gasteiger partial charge in [-0.2, -0.15) is 0 Å². The summed E-state index contributed by atoms with van der Waals surface area (Å²) in [5.74, 6) is 0.483. The Balaban J connectivity index is 1.67. The summed E-state index contributed by atoms with van der Waals surface area (Å²) >= 11 is 1.69. The van der Waals surface area contributed by atoms with Gasteiger partial charge in [0.05, 0.1) is 5.01 Å². The summed E-state index contributed by atoms with van der Waals surface area (Å²) in [5.41, 5.74) is 0.547. The number of thiazole rings is 1. The second kappa shape index (κ2) is 8.75. The van der Waals surface area contributed by atoms with Crippen molar-refractivity contribution in [3.8, 4) is 0 Å². The van der Waals surface area contributed by atoms with Gasteiger partial charge in [0.2, 0.25) is 0 Å². The molecule has 0 saturated heterocycles. The Morgan fingerprint density at radius 2 is 2.12 bits per heavy atom. The molecule has 2 rings (SSSR count). The number of hydrogen-bond acceptors (Lipinski definition) is 6. The lowest BCUT2D eigenvalue weighted by Gasteiger charge is -2.19. The molecule has 7 heteroatoms. The summed E-state index contributed by atoms with van der Waals surface area (Å²) in [6, 6.07) is 3.71. The molecular weight excluding hydrogens is 324 g/mol. The van der Waals surface area contributed by atoms with Crippen LogP contribution < -0.4 is 10.6 Å². The van der Waals surface area contributed by atoms with Crippen molar-refractivity contribution < 1.29 is 9.53 Å². The van der Waals surface area contributed by atoms with Gasteiger partial charge in [0, 0.05) is 30.7 Å². The van der Waals surface area contributed by atoms with Crippen molar-refractivity contribution in [2.24, 2.45) is 0 Å². The van der Waals surface area contributed by atoms with E-state index in [2.05, 4.69) is 20.6 Å². The van der Waals surface area contributed by atoms with Crippen LogP contribution in [0, 0.1) is 0 Å². The molecule has 0 bridgehead atoms. The Labute approximate surface area is 146 Å². The molecule has 0 fully saturated rings. The average molecular weight is 348 g/mol. The van der Waals surface area contributed by atoms with Gasteiger partial charge in [-0.15, -0.1) is 11.3 Å². The van der Waals surface area contributed by atoms with Gasteiger partial charge < -0.3 is 10.1 Å². The van der Waals surface area contributed by atoms with E-state index < -0.39 is 11.7 Å². The first kappa shape index (κ1) is 18.4. The maximum Gasteiger partial charge on any atom is 0.413 e. The standard InChI is InChI=1S/C17H24N4O2S/c1-17(2,3)23-16(22)21-14-7-6-13(12-20-14)11-18-8-4-5-15-19-9-10-24-15/h6-7,9-10,12,18H,4-5,8,11H2,1-3H3,(H,20,21,22). The summed E-state index contributed by atoms with van der Waals surface area (Å²) in [4.78, 5) is 20.2. The number of nitrogens with one attached hydrogen (secondary N) is 2. The number of amides is 1. The highest BCUT2D eigenvalue weighted by Crippen LogP contribution is 2.11. The molecule has 2 N–H and O–H groups in total. The van der Waals surface area contributed by atoms with Gasteiger partial charge in [-0.05, 0) is 45.4 Å². The molecule has 130 valence electrons. The predicted octanol–water partition coefficient (Wildman–Crippen LogP) is 3.61. The van der Waals surface area contributed by atoms with Gasteiger partial charge in [0.15, 0.2) is 0 Å². The molecule has 0 radical (unpaired) electrons. The molecule has 6 nitrogen and oxygen atoms in total. The van der Waals surface area contributed by atoms with Gasteiger partial charge in [0.25, 0.3) is 0 Å². The molecule has 0 aliphatic carbocycles. The third-order valence-electron chi connectivity index (χ3n) is 3.01. The molecule has 0 unspecified atom stereocenters. The van der Waals surface area contributed by atoms with E-state index in [1.807, 2.05) is 38.4 Å². The van der Waals surface area contributed by atoms with Crippen LogP contribution in [0.25, 0.3) is 0 Å². The van der Waals surface area contributed by atoms with Crippen molar-refractivity contribution in [2.75, 3.05) is 11.9 Å². The molecule has 24 heavy (non-hydrogen) atoms. The summed E-state index contributed by atoms with van der Waals surface area (Å²) in [6.07, 6.45) is 5.15. The molecule has 0 saturated carbocycles. The number of carbonyl (C=O) groups is 1. The lowest BCUT2D eigenvalue weighted by atomic mass is 10.2. The van der Waals surface area contributed by atoms with Crippen molar-refractivity contribution in [3.05, 3.63) is 40.5 Å². The van der Waals surface area contributed by atoms with E-state index in [0.29, 0.717) is 5.82 Å². The molecule has 0 spiro atoms. The smallest absolute Gasteiger partial charge is 0.413 e. The van der Waals surface area contributed by atoms with Crippen LogP contribution in [0.2, 0.25) is 0 Å². The molecular formula is C17H24N4O2S. The predicted molar refractivity (Wildman–Crippen MR) is 96.2 cm³/mol. The van der Waals surface area contributed by atoms with Crippen LogP contribution in [-0.2, 0) is 17.7 Å². The van der Waals surface area contributed by atoms with Crippen LogP contribution in [0.15, 0.2) is 29.9 Å². The number of nitrogens with zero attached hydrogens (tertiary/aromatic N) is 2. The second-order valence-electron chi connectivity index (χ2n) is 6.38. The molecule has 1 amide bonds. The number of ether oxygens (including phenoxy) is 1. The minimum atomic E-state index is -0.521. The molecule has 0 atom stereocenters. The molecule has 2 aromatic heterocycles. The van der Waals surface area contributed by atoms with Crippen molar-refractivity contribution in [1.29, 1.82) is 0 Å². The molecule has 0 aromatic carbocycles. The number of carbonyl (C=O) groups excluding carboxylic acids is 1. The Kier molecular flexibility index (Phi) is 6.69. The van der Waals surface area contributed by atoms with Crippen LogP contribution in [0.4, 0.5) is 10.6 Å². The maximum atomic E-state index is 11.7. The molecule has 2 heterocycles. The van der Waals surface area contributed by atoms with Crippen molar-refractivity contribution in [2.45, 2.75) is 45.8 Å². The maximum absolute atomic E-state index is 11.7. The second-order valence-corrected chi connectivity index (χ2v) is 7.36. The van der Waals surface area contributed by atoms with E-state index in [-0.39, 0.29) is 0 Å². The minimum absolute atomic E-state index is 0.483. The van der Waals surface area contributed by atoms with Crippen molar-refractivity contribution >= 4 is 23.2 Å². The summed E-state index contributed by atoms with van der Waals surface area (Å²) < 4.78 is 5.19. The van der Waals surface area contributed by atoms with Gasteiger partial charge >= 0.3 is 6.09 Å². The molecule has 2 aromatic rings. The topological polar surface area (TPSA) is 76.1 Å². The van der Waals surface area contributed by atoms with E-state index in [0.717, 1.165) is 31.5 Å². The molecule has 0 aliphatic rings. The summed E-state index contributed by atoms with van der Waals surface area (Å²) in [7, 11) is 0. The van der Waals surface area contributed by atoms with E-state index in [9.17, 15) is 4.79 Å². The average Bonchev–Trinajstić information content (AvgIpc) is 3.00. The van der Waals surface area contributed by atoms with Crippen LogP contribution >= 0.6 is 11.3 Å². The number of aromatic nitrogens is 2. The fourth-order valence-electron chi connectivity index (χ4n) is 1.98. The first-order chi connectivity index (χ1) is 11.4. The van der Waals surface area contributed by atoms with Gasteiger partial charge in [-0.25, -0.2) is 14.8 Å². The monoisotopic (exact) mass is 348 g/mol. The van der Waals surface area contributed by atoms with Crippen LogP contribution in [0.1, 0.15) is 37.8 Å². The Morgan fingerprint density at radius 3 is 2.75 bits per heavy atom. The third kappa shape index (κ3) is 7.06. The largest absolute Gasteiger partial charge is 0.444 e. The lowest BCUT2D eigenvalue weighted by Crippen LogP contribution is -2.27. The minimum Gasteiger partial charge on any atom is -0.444 e. The Morgan fingerprint density at radius 1 is 1.29 bits per heavy atom. The highest BCUT2D eigenvalue weighted by Gasteiger charge is 2.16. The van der Waals surface area contributed by atoms with E-state index in [1.54, 1.807) is 23.6 Å². The summed E-state index contributed by atoms with van der Waals surface area (Å²) in [6.45, 7) is 7.14. The first-order valence-corrected chi connectivity index (χ1v) is 8.84. The fourth-order valence-corrected chi connectivity index (χ4v) is 2.65.